The molecule has 1 atom stereocenters. The largest absolute Gasteiger partial charge is 0.497 e. The molecule has 0 heterocycles. The van der Waals surface area contributed by atoms with Crippen LogP contribution in [0.15, 0.2) is 24.3 Å². The molecular weight excluding hydrogens is 264 g/mol. The molecule has 0 fully saturated rings. The highest BCUT2D eigenvalue weighted by Gasteiger charge is 2.16. The van der Waals surface area contributed by atoms with Gasteiger partial charge in [0.2, 0.25) is 0 Å². The van der Waals surface area contributed by atoms with E-state index in [1.165, 1.54) is 12.8 Å². The molecule has 1 aromatic rings. The van der Waals surface area contributed by atoms with Crippen LogP contribution in [0.5, 0.6) is 5.75 Å². The predicted octanol–water partition coefficient (Wildman–Crippen LogP) is 4.85. The van der Waals surface area contributed by atoms with Crippen molar-refractivity contribution < 1.29 is 14.3 Å². The summed E-state index contributed by atoms with van der Waals surface area (Å²) in [5, 5.41) is 0. The molecule has 0 saturated carbocycles. The second kappa shape index (κ2) is 9.43. The normalized spacial score (nSPS) is 12.2. The zero-order valence-corrected chi connectivity index (χ0v) is 13.7. The number of benzene rings is 1. The summed E-state index contributed by atoms with van der Waals surface area (Å²) in [7, 11) is 1.61. The van der Waals surface area contributed by atoms with E-state index in [0.29, 0.717) is 5.56 Å². The van der Waals surface area contributed by atoms with Crippen molar-refractivity contribution in [1.29, 1.82) is 0 Å². The van der Waals surface area contributed by atoms with Gasteiger partial charge >= 0.3 is 5.97 Å². The Morgan fingerprint density at radius 3 is 2.10 bits per heavy atom. The topological polar surface area (TPSA) is 35.5 Å². The van der Waals surface area contributed by atoms with Gasteiger partial charge in [-0.2, -0.15) is 0 Å². The van der Waals surface area contributed by atoms with Crippen molar-refractivity contribution in [3.8, 4) is 5.75 Å². The fourth-order valence-corrected chi connectivity index (χ4v) is 2.41. The van der Waals surface area contributed by atoms with Crippen molar-refractivity contribution in [3.63, 3.8) is 0 Å². The first kappa shape index (κ1) is 17.5. The van der Waals surface area contributed by atoms with Crippen LogP contribution in [-0.4, -0.2) is 19.2 Å². The van der Waals surface area contributed by atoms with Gasteiger partial charge in [-0.25, -0.2) is 4.79 Å². The molecule has 1 rings (SSSR count). The molecule has 0 aliphatic rings. The van der Waals surface area contributed by atoms with E-state index in [1.54, 1.807) is 31.4 Å². The van der Waals surface area contributed by atoms with Gasteiger partial charge in [-0.3, -0.25) is 0 Å². The lowest BCUT2D eigenvalue weighted by Gasteiger charge is -2.19. The monoisotopic (exact) mass is 292 g/mol. The Kier molecular flexibility index (Phi) is 7.88. The Bertz CT molecular complexity index is 407. The van der Waals surface area contributed by atoms with Gasteiger partial charge in [0, 0.05) is 0 Å². The van der Waals surface area contributed by atoms with E-state index < -0.39 is 0 Å². The van der Waals surface area contributed by atoms with Crippen molar-refractivity contribution in [3.05, 3.63) is 29.8 Å². The standard InChI is InChI=1S/C18H28O3/c1-5-14(6-2)8-11-16(7-3)21-18(19)15-9-12-17(20-4)13-10-15/h9-10,12-14,16H,5-8,11H2,1-4H3. The molecule has 0 aromatic heterocycles. The Hall–Kier alpha value is -1.51. The summed E-state index contributed by atoms with van der Waals surface area (Å²) in [5.41, 5.74) is 0.580. The Morgan fingerprint density at radius 2 is 1.62 bits per heavy atom. The van der Waals surface area contributed by atoms with E-state index >= 15 is 0 Å². The van der Waals surface area contributed by atoms with Crippen molar-refractivity contribution >= 4 is 5.97 Å². The average molecular weight is 292 g/mol. The van der Waals surface area contributed by atoms with E-state index in [0.717, 1.165) is 30.9 Å². The van der Waals surface area contributed by atoms with E-state index in [2.05, 4.69) is 20.8 Å². The second-order valence-corrected chi connectivity index (χ2v) is 5.42. The number of hydrogen-bond donors (Lipinski definition) is 0. The average Bonchev–Trinajstić information content (AvgIpc) is 2.54. The van der Waals surface area contributed by atoms with E-state index in [9.17, 15) is 4.79 Å². The van der Waals surface area contributed by atoms with Gasteiger partial charge in [0.15, 0.2) is 0 Å². The molecule has 0 N–H and O–H groups in total. The molecule has 0 aliphatic heterocycles. The Morgan fingerprint density at radius 1 is 1.00 bits per heavy atom. The quantitative estimate of drug-likeness (QED) is 0.610. The lowest BCUT2D eigenvalue weighted by molar-refractivity contribution is 0.0257. The summed E-state index contributed by atoms with van der Waals surface area (Å²) in [6.45, 7) is 6.51. The number of carbonyl (C=O) groups excluding carboxylic acids is 1. The van der Waals surface area contributed by atoms with Crippen molar-refractivity contribution in [1.82, 2.24) is 0 Å². The van der Waals surface area contributed by atoms with Crippen LogP contribution in [0.4, 0.5) is 0 Å². The van der Waals surface area contributed by atoms with Crippen LogP contribution < -0.4 is 4.74 Å². The molecule has 0 spiro atoms. The van der Waals surface area contributed by atoms with Crippen LogP contribution in [0.25, 0.3) is 0 Å². The van der Waals surface area contributed by atoms with Crippen LogP contribution in [0.2, 0.25) is 0 Å². The first-order valence-electron chi connectivity index (χ1n) is 7.99. The van der Waals surface area contributed by atoms with Crippen molar-refractivity contribution in [2.45, 2.75) is 59.0 Å². The molecule has 1 aromatic carbocycles. The lowest BCUT2D eigenvalue weighted by Crippen LogP contribution is -2.18. The number of ether oxygens (including phenoxy) is 2. The van der Waals surface area contributed by atoms with Crippen molar-refractivity contribution in [2.24, 2.45) is 5.92 Å². The maximum absolute atomic E-state index is 12.1. The van der Waals surface area contributed by atoms with E-state index in [4.69, 9.17) is 9.47 Å². The minimum absolute atomic E-state index is 0.0141. The maximum Gasteiger partial charge on any atom is 0.338 e. The lowest BCUT2D eigenvalue weighted by atomic mass is 9.95. The number of hydrogen-bond acceptors (Lipinski definition) is 3. The molecule has 118 valence electrons. The number of carbonyl (C=O) groups is 1. The van der Waals surface area contributed by atoms with Gasteiger partial charge < -0.3 is 9.47 Å². The zero-order valence-electron chi connectivity index (χ0n) is 13.7. The zero-order chi connectivity index (χ0) is 15.7. The van der Waals surface area contributed by atoms with Gasteiger partial charge in [-0.05, 0) is 49.4 Å². The fraction of sp³-hybridized carbons (Fsp3) is 0.611. The Labute approximate surface area is 128 Å². The van der Waals surface area contributed by atoms with E-state index in [1.807, 2.05) is 0 Å². The molecule has 0 aliphatic carbocycles. The van der Waals surface area contributed by atoms with Gasteiger partial charge in [0.05, 0.1) is 12.7 Å². The Balaban J connectivity index is 2.53. The number of esters is 1. The minimum atomic E-state index is -0.242. The minimum Gasteiger partial charge on any atom is -0.497 e. The van der Waals surface area contributed by atoms with Gasteiger partial charge in [0.25, 0.3) is 0 Å². The highest BCUT2D eigenvalue weighted by molar-refractivity contribution is 5.89. The highest BCUT2D eigenvalue weighted by atomic mass is 16.5. The van der Waals surface area contributed by atoms with Gasteiger partial charge in [0.1, 0.15) is 11.9 Å². The molecule has 0 amide bonds. The summed E-state index contributed by atoms with van der Waals surface area (Å²) in [5.74, 6) is 1.24. The second-order valence-electron chi connectivity index (χ2n) is 5.42. The molecule has 21 heavy (non-hydrogen) atoms. The fourth-order valence-electron chi connectivity index (χ4n) is 2.41. The number of methoxy groups -OCH3 is 1. The smallest absolute Gasteiger partial charge is 0.338 e. The molecule has 3 nitrogen and oxygen atoms in total. The van der Waals surface area contributed by atoms with E-state index in [-0.39, 0.29) is 12.1 Å². The predicted molar refractivity (Wildman–Crippen MR) is 85.8 cm³/mol. The third kappa shape index (κ3) is 5.78. The van der Waals surface area contributed by atoms with Crippen LogP contribution in [-0.2, 0) is 4.74 Å². The van der Waals surface area contributed by atoms with Gasteiger partial charge in [-0.1, -0.05) is 33.6 Å². The summed E-state index contributed by atoms with van der Waals surface area (Å²) in [4.78, 5) is 12.1. The molecule has 0 radical (unpaired) electrons. The van der Waals surface area contributed by atoms with Crippen LogP contribution >= 0.6 is 0 Å². The first-order chi connectivity index (χ1) is 10.1. The first-order valence-corrected chi connectivity index (χ1v) is 7.99. The summed E-state index contributed by atoms with van der Waals surface area (Å²) in [6.07, 6.45) is 5.34. The summed E-state index contributed by atoms with van der Waals surface area (Å²) in [6, 6.07) is 7.05. The van der Waals surface area contributed by atoms with Gasteiger partial charge in [-0.15, -0.1) is 0 Å². The number of rotatable bonds is 9. The van der Waals surface area contributed by atoms with Crippen LogP contribution in [0, 0.1) is 5.92 Å². The summed E-state index contributed by atoms with van der Waals surface area (Å²) < 4.78 is 10.7. The molecule has 0 bridgehead atoms. The maximum atomic E-state index is 12.1. The molecular formula is C18H28O3. The molecule has 1 unspecified atom stereocenters. The highest BCUT2D eigenvalue weighted by Crippen LogP contribution is 2.20. The summed E-state index contributed by atoms with van der Waals surface area (Å²) >= 11 is 0. The van der Waals surface area contributed by atoms with Crippen LogP contribution in [0.3, 0.4) is 0 Å². The van der Waals surface area contributed by atoms with Crippen molar-refractivity contribution in [2.75, 3.05) is 7.11 Å². The molecule has 3 heteroatoms. The third-order valence-electron chi connectivity index (χ3n) is 4.11. The molecule has 0 saturated heterocycles. The SMILES string of the molecule is CCC(CC)CCC(CC)OC(=O)c1ccc(OC)cc1. The third-order valence-corrected chi connectivity index (χ3v) is 4.11. The van der Waals surface area contributed by atoms with Crippen LogP contribution in [0.1, 0.15) is 63.2 Å².